The van der Waals surface area contributed by atoms with E-state index in [1.165, 1.54) is 23.1 Å². The molecule has 1 saturated carbocycles. The number of likely N-dealkylation sites (N-methyl/N-ethyl adjacent to an activating group) is 1. The number of carbonyl (C=O) groups is 2. The third-order valence-electron chi connectivity index (χ3n) is 5.53. The van der Waals surface area contributed by atoms with E-state index < -0.39 is 35.8 Å². The monoisotopic (exact) mass is 408 g/mol. The van der Waals surface area contributed by atoms with E-state index >= 15 is 0 Å². The highest BCUT2D eigenvalue weighted by Crippen LogP contribution is 2.37. The van der Waals surface area contributed by atoms with Gasteiger partial charge in [-0.1, -0.05) is 25.1 Å². The molecule has 0 atom stereocenters. The second-order valence-electron chi connectivity index (χ2n) is 7.56. The maximum atomic E-state index is 13.6. The van der Waals surface area contributed by atoms with Crippen molar-refractivity contribution in [3.8, 4) is 0 Å². The number of benzene rings is 1. The lowest BCUT2D eigenvalue weighted by Crippen LogP contribution is -2.41. The maximum absolute atomic E-state index is 13.6. The van der Waals surface area contributed by atoms with Gasteiger partial charge in [0.15, 0.2) is 6.61 Å². The van der Waals surface area contributed by atoms with Crippen molar-refractivity contribution in [3.63, 3.8) is 0 Å². The molecule has 0 saturated heterocycles. The van der Waals surface area contributed by atoms with Crippen molar-refractivity contribution in [1.82, 2.24) is 9.88 Å². The van der Waals surface area contributed by atoms with Crippen LogP contribution < -0.4 is 0 Å². The van der Waals surface area contributed by atoms with Crippen LogP contribution in [0, 0.1) is 5.92 Å². The molecular weight excluding hydrogens is 385 g/mol. The van der Waals surface area contributed by atoms with Gasteiger partial charge in [0.05, 0.1) is 16.6 Å². The summed E-state index contributed by atoms with van der Waals surface area (Å²) in [6, 6.07) is 5.76. The number of rotatable bonds is 4. The second kappa shape index (κ2) is 8.39. The Kier molecular flexibility index (Phi) is 6.10. The zero-order valence-corrected chi connectivity index (χ0v) is 16.3. The number of aromatic nitrogens is 1. The van der Waals surface area contributed by atoms with Crippen LogP contribution in [0.4, 0.5) is 13.2 Å². The molecule has 1 amide bonds. The number of hydrogen-bond donors (Lipinski definition) is 0. The van der Waals surface area contributed by atoms with Gasteiger partial charge in [0.1, 0.15) is 0 Å². The van der Waals surface area contributed by atoms with Crippen molar-refractivity contribution < 1.29 is 27.5 Å². The highest BCUT2D eigenvalue weighted by Gasteiger charge is 2.38. The molecule has 2 aromatic rings. The summed E-state index contributed by atoms with van der Waals surface area (Å²) in [4.78, 5) is 30.2. The average molecular weight is 408 g/mol. The van der Waals surface area contributed by atoms with Crippen molar-refractivity contribution in [2.24, 2.45) is 5.92 Å². The number of alkyl halides is 3. The van der Waals surface area contributed by atoms with Crippen molar-refractivity contribution >= 4 is 22.8 Å². The fourth-order valence-electron chi connectivity index (χ4n) is 3.74. The fourth-order valence-corrected chi connectivity index (χ4v) is 3.74. The molecule has 0 unspecified atom stereocenters. The van der Waals surface area contributed by atoms with Crippen molar-refractivity contribution in [1.29, 1.82) is 0 Å². The predicted molar refractivity (Wildman–Crippen MR) is 101 cm³/mol. The summed E-state index contributed by atoms with van der Waals surface area (Å²) in [5.41, 5.74) is -1.67. The molecule has 29 heavy (non-hydrogen) atoms. The van der Waals surface area contributed by atoms with E-state index in [-0.39, 0.29) is 16.9 Å². The lowest BCUT2D eigenvalue weighted by molar-refractivity contribution is -0.137. The molecule has 156 valence electrons. The minimum absolute atomic E-state index is 0.0606. The first-order valence-electron chi connectivity index (χ1n) is 9.56. The standard InChI is InChI=1S/C21H23F3N2O3/c1-13-7-9-14(10-8-13)26(2)18(27)12-29-20(28)16-11-25-17-6-4-3-5-15(17)19(16)21(22,23)24/h3-6,11,13-14H,7-10,12H2,1-2H3. The number of nitrogens with zero attached hydrogens (tertiary/aromatic N) is 2. The summed E-state index contributed by atoms with van der Waals surface area (Å²) in [5, 5.41) is -0.186. The number of hydrogen-bond acceptors (Lipinski definition) is 4. The Morgan fingerprint density at radius 2 is 1.83 bits per heavy atom. The Bertz CT molecular complexity index is 906. The van der Waals surface area contributed by atoms with Crippen molar-refractivity contribution in [3.05, 3.63) is 41.6 Å². The van der Waals surface area contributed by atoms with Crippen LogP contribution in [0.5, 0.6) is 0 Å². The van der Waals surface area contributed by atoms with E-state index in [2.05, 4.69) is 11.9 Å². The van der Waals surface area contributed by atoms with Crippen LogP contribution in [0.25, 0.3) is 10.9 Å². The Morgan fingerprint density at radius 3 is 2.48 bits per heavy atom. The number of para-hydroxylation sites is 1. The Balaban J connectivity index is 1.74. The number of amides is 1. The maximum Gasteiger partial charge on any atom is 0.417 e. The van der Waals surface area contributed by atoms with Gasteiger partial charge in [-0.15, -0.1) is 0 Å². The molecule has 0 aliphatic heterocycles. The average Bonchev–Trinajstić information content (AvgIpc) is 2.70. The number of ether oxygens (including phenoxy) is 1. The topological polar surface area (TPSA) is 59.5 Å². The van der Waals surface area contributed by atoms with E-state index in [4.69, 9.17) is 4.74 Å². The summed E-state index contributed by atoms with van der Waals surface area (Å²) >= 11 is 0. The highest BCUT2D eigenvalue weighted by molar-refractivity contribution is 5.98. The summed E-state index contributed by atoms with van der Waals surface area (Å²) < 4.78 is 45.8. The van der Waals surface area contributed by atoms with E-state index in [9.17, 15) is 22.8 Å². The Morgan fingerprint density at radius 1 is 1.17 bits per heavy atom. The molecule has 8 heteroatoms. The number of carbonyl (C=O) groups excluding carboxylic acids is 2. The number of esters is 1. The van der Waals surface area contributed by atoms with E-state index in [1.54, 1.807) is 13.1 Å². The molecule has 0 radical (unpaired) electrons. The first-order valence-corrected chi connectivity index (χ1v) is 9.56. The van der Waals surface area contributed by atoms with Crippen LogP contribution in [0.15, 0.2) is 30.5 Å². The zero-order valence-electron chi connectivity index (χ0n) is 16.3. The molecular formula is C21H23F3N2O3. The predicted octanol–water partition coefficient (Wildman–Crippen LogP) is 4.45. The largest absolute Gasteiger partial charge is 0.452 e. The van der Waals surface area contributed by atoms with Gasteiger partial charge in [0.25, 0.3) is 5.91 Å². The first kappa shape index (κ1) is 21.1. The zero-order chi connectivity index (χ0) is 21.2. The SMILES string of the molecule is CC1CCC(N(C)C(=O)COC(=O)c2cnc3ccccc3c2C(F)(F)F)CC1. The number of halogens is 3. The molecule has 1 fully saturated rings. The van der Waals surface area contributed by atoms with Crippen LogP contribution in [-0.4, -0.2) is 41.5 Å². The minimum Gasteiger partial charge on any atom is -0.452 e. The fraction of sp³-hybridized carbons (Fsp3) is 0.476. The van der Waals surface area contributed by atoms with Gasteiger partial charge in [-0.25, -0.2) is 4.79 Å². The first-order chi connectivity index (χ1) is 13.7. The van der Waals surface area contributed by atoms with Gasteiger partial charge in [0.2, 0.25) is 0 Å². The number of fused-ring (bicyclic) bond motifs is 1. The molecule has 1 aromatic carbocycles. The quantitative estimate of drug-likeness (QED) is 0.702. The third kappa shape index (κ3) is 4.68. The summed E-state index contributed by atoms with van der Waals surface area (Å²) in [6.07, 6.45) is -0.158. The molecule has 5 nitrogen and oxygen atoms in total. The minimum atomic E-state index is -4.77. The van der Waals surface area contributed by atoms with Gasteiger partial charge in [0, 0.05) is 24.7 Å². The van der Waals surface area contributed by atoms with Crippen molar-refractivity contribution in [2.45, 2.75) is 44.8 Å². The second-order valence-corrected chi connectivity index (χ2v) is 7.56. The summed E-state index contributed by atoms with van der Waals surface area (Å²) in [7, 11) is 1.63. The van der Waals surface area contributed by atoms with Gasteiger partial charge >= 0.3 is 12.1 Å². The van der Waals surface area contributed by atoms with Gasteiger partial charge in [-0.2, -0.15) is 13.2 Å². The van der Waals surface area contributed by atoms with Gasteiger partial charge in [-0.05, 0) is 37.7 Å². The van der Waals surface area contributed by atoms with Crippen LogP contribution in [0.2, 0.25) is 0 Å². The lowest BCUT2D eigenvalue weighted by atomic mass is 9.87. The van der Waals surface area contributed by atoms with E-state index in [1.807, 2.05) is 0 Å². The molecule has 3 rings (SSSR count). The Labute approximate surface area is 166 Å². The van der Waals surface area contributed by atoms with Crippen LogP contribution in [-0.2, 0) is 15.7 Å². The molecule has 1 aliphatic carbocycles. The summed E-state index contributed by atoms with van der Waals surface area (Å²) in [6.45, 7) is 1.56. The molecule has 0 spiro atoms. The lowest BCUT2D eigenvalue weighted by Gasteiger charge is -2.33. The van der Waals surface area contributed by atoms with E-state index in [0.29, 0.717) is 5.92 Å². The van der Waals surface area contributed by atoms with Crippen LogP contribution in [0.3, 0.4) is 0 Å². The van der Waals surface area contributed by atoms with E-state index in [0.717, 1.165) is 31.9 Å². The van der Waals surface area contributed by atoms with Crippen molar-refractivity contribution in [2.75, 3.05) is 13.7 Å². The molecule has 0 N–H and O–H groups in total. The Hall–Kier alpha value is -2.64. The van der Waals surface area contributed by atoms with Crippen LogP contribution in [0.1, 0.15) is 48.5 Å². The van der Waals surface area contributed by atoms with Gasteiger partial charge < -0.3 is 9.64 Å². The highest BCUT2D eigenvalue weighted by atomic mass is 19.4. The molecule has 1 aliphatic rings. The summed E-state index contributed by atoms with van der Waals surface area (Å²) in [5.74, 6) is -1.02. The number of pyridine rings is 1. The molecule has 1 aromatic heterocycles. The van der Waals surface area contributed by atoms with Gasteiger partial charge in [-0.3, -0.25) is 9.78 Å². The smallest absolute Gasteiger partial charge is 0.417 e. The molecule has 0 bridgehead atoms. The normalized spacial score (nSPS) is 19.8. The molecule has 1 heterocycles. The third-order valence-corrected chi connectivity index (χ3v) is 5.53. The van der Waals surface area contributed by atoms with Crippen LogP contribution >= 0.6 is 0 Å².